The van der Waals surface area contributed by atoms with Crippen LogP contribution in [0.1, 0.15) is 52.7 Å². The van der Waals surface area contributed by atoms with Crippen LogP contribution in [0.3, 0.4) is 0 Å². The van der Waals surface area contributed by atoms with Crippen LogP contribution in [0.5, 0.6) is 0 Å². The fourth-order valence-electron chi connectivity index (χ4n) is 3.26. The fraction of sp³-hybridized carbons (Fsp3) is 0.250. The summed E-state index contributed by atoms with van der Waals surface area (Å²) in [5, 5.41) is 8.39. The van der Waals surface area contributed by atoms with Crippen molar-refractivity contribution in [1.29, 1.82) is 0 Å². The van der Waals surface area contributed by atoms with E-state index in [2.05, 4.69) is 47.9 Å². The van der Waals surface area contributed by atoms with Gasteiger partial charge in [0.25, 0.3) is 0 Å². The number of thiophene rings is 1. The zero-order valence-electron chi connectivity index (χ0n) is 17.2. The molecule has 1 heterocycles. The molecule has 6 heteroatoms. The molecule has 30 heavy (non-hydrogen) atoms. The molecule has 0 aliphatic carbocycles. The van der Waals surface area contributed by atoms with Crippen LogP contribution in [0.4, 0.5) is 5.69 Å². The van der Waals surface area contributed by atoms with Crippen LogP contribution >= 0.6 is 11.3 Å². The summed E-state index contributed by atoms with van der Waals surface area (Å²) in [6.07, 6.45) is 2.17. The molecule has 0 saturated carbocycles. The Bertz CT molecular complexity index is 967. The van der Waals surface area contributed by atoms with Crippen molar-refractivity contribution >= 4 is 28.8 Å². The SMILES string of the molecule is CCCc1ccc([C@H](N[C@@H](C)C(=O)Nc2ccc(C(N)=O)cc2)c2cccs2)cc1. The Morgan fingerprint density at radius 1 is 1.03 bits per heavy atom. The average Bonchev–Trinajstić information content (AvgIpc) is 3.27. The summed E-state index contributed by atoms with van der Waals surface area (Å²) in [6, 6.07) is 18.7. The molecule has 0 spiro atoms. The monoisotopic (exact) mass is 421 g/mol. The van der Waals surface area contributed by atoms with Gasteiger partial charge in [0.2, 0.25) is 11.8 Å². The molecule has 4 N–H and O–H groups in total. The summed E-state index contributed by atoms with van der Waals surface area (Å²) in [5.41, 5.74) is 8.73. The van der Waals surface area contributed by atoms with Gasteiger partial charge in [0, 0.05) is 16.1 Å². The van der Waals surface area contributed by atoms with Crippen molar-refractivity contribution in [3.05, 3.63) is 87.6 Å². The van der Waals surface area contributed by atoms with Crippen LogP contribution in [0.2, 0.25) is 0 Å². The fourth-order valence-corrected chi connectivity index (χ4v) is 4.07. The van der Waals surface area contributed by atoms with E-state index < -0.39 is 11.9 Å². The van der Waals surface area contributed by atoms with Gasteiger partial charge in [0.15, 0.2) is 0 Å². The third-order valence-corrected chi connectivity index (χ3v) is 5.86. The first kappa shape index (κ1) is 21.7. The van der Waals surface area contributed by atoms with Crippen molar-refractivity contribution in [1.82, 2.24) is 5.32 Å². The molecule has 3 rings (SSSR count). The molecule has 3 aromatic rings. The van der Waals surface area contributed by atoms with Crippen LogP contribution in [0.15, 0.2) is 66.0 Å². The minimum atomic E-state index is -0.494. The second-order valence-corrected chi connectivity index (χ2v) is 8.24. The summed E-state index contributed by atoms with van der Waals surface area (Å²) in [6.45, 7) is 4.02. The predicted molar refractivity (Wildman–Crippen MR) is 123 cm³/mol. The highest BCUT2D eigenvalue weighted by Crippen LogP contribution is 2.27. The summed E-state index contributed by atoms with van der Waals surface area (Å²) in [7, 11) is 0. The van der Waals surface area contributed by atoms with E-state index in [0.29, 0.717) is 11.3 Å². The molecule has 5 nitrogen and oxygen atoms in total. The van der Waals surface area contributed by atoms with Crippen molar-refractivity contribution in [2.45, 2.75) is 38.8 Å². The van der Waals surface area contributed by atoms with Crippen LogP contribution < -0.4 is 16.4 Å². The van der Waals surface area contributed by atoms with Gasteiger partial charge in [-0.1, -0.05) is 43.7 Å². The number of carbonyl (C=O) groups is 2. The van der Waals surface area contributed by atoms with Crippen molar-refractivity contribution in [2.75, 3.05) is 5.32 Å². The molecule has 0 saturated heterocycles. The van der Waals surface area contributed by atoms with E-state index in [0.717, 1.165) is 23.3 Å². The lowest BCUT2D eigenvalue weighted by molar-refractivity contribution is -0.117. The lowest BCUT2D eigenvalue weighted by Gasteiger charge is -2.23. The number of hydrogen-bond donors (Lipinski definition) is 3. The second kappa shape index (κ2) is 10.2. The van der Waals surface area contributed by atoms with Crippen molar-refractivity contribution in [3.8, 4) is 0 Å². The van der Waals surface area contributed by atoms with Crippen molar-refractivity contribution in [2.24, 2.45) is 5.73 Å². The third-order valence-electron chi connectivity index (χ3n) is 4.93. The highest BCUT2D eigenvalue weighted by molar-refractivity contribution is 7.10. The molecule has 0 aliphatic rings. The zero-order chi connectivity index (χ0) is 21.5. The first-order chi connectivity index (χ1) is 14.5. The first-order valence-corrected chi connectivity index (χ1v) is 10.9. The van der Waals surface area contributed by atoms with Gasteiger partial charge in [-0.3, -0.25) is 14.9 Å². The summed E-state index contributed by atoms with van der Waals surface area (Å²) < 4.78 is 0. The highest BCUT2D eigenvalue weighted by atomic mass is 32.1. The Balaban J connectivity index is 1.72. The Morgan fingerprint density at radius 3 is 2.30 bits per heavy atom. The first-order valence-electron chi connectivity index (χ1n) is 10.1. The molecule has 0 radical (unpaired) electrons. The number of rotatable bonds is 9. The maximum atomic E-state index is 12.7. The second-order valence-electron chi connectivity index (χ2n) is 7.26. The molecule has 0 aliphatic heterocycles. The standard InChI is InChI=1S/C24H27N3O2S/c1-3-5-17-7-9-18(10-8-17)22(21-6-4-15-30-21)26-16(2)24(29)27-20-13-11-19(12-14-20)23(25)28/h4,6-16,22,26H,3,5H2,1-2H3,(H2,25,28)(H,27,29)/t16-,22-/m0/s1. The quantitative estimate of drug-likeness (QED) is 0.475. The van der Waals surface area contributed by atoms with Crippen molar-refractivity contribution < 1.29 is 9.59 Å². The minimum absolute atomic E-state index is 0.0707. The van der Waals surface area contributed by atoms with Gasteiger partial charge in [-0.2, -0.15) is 0 Å². The predicted octanol–water partition coefficient (Wildman–Crippen LogP) is 4.51. The van der Waals surface area contributed by atoms with E-state index in [1.54, 1.807) is 35.6 Å². The van der Waals surface area contributed by atoms with Gasteiger partial charge < -0.3 is 11.1 Å². The van der Waals surface area contributed by atoms with E-state index in [9.17, 15) is 9.59 Å². The molecule has 0 unspecified atom stereocenters. The van der Waals surface area contributed by atoms with E-state index in [1.807, 2.05) is 18.4 Å². The van der Waals surface area contributed by atoms with Gasteiger partial charge in [-0.25, -0.2) is 0 Å². The van der Waals surface area contributed by atoms with E-state index in [1.165, 1.54) is 5.56 Å². The van der Waals surface area contributed by atoms with Crippen LogP contribution in [0, 0.1) is 0 Å². The molecule has 156 valence electrons. The number of anilines is 1. The van der Waals surface area contributed by atoms with Gasteiger partial charge in [0.05, 0.1) is 12.1 Å². The molecule has 2 aromatic carbocycles. The molecule has 0 bridgehead atoms. The van der Waals surface area contributed by atoms with Crippen LogP contribution in [-0.4, -0.2) is 17.9 Å². The van der Waals surface area contributed by atoms with E-state index in [-0.39, 0.29) is 11.9 Å². The van der Waals surface area contributed by atoms with Gasteiger partial charge >= 0.3 is 0 Å². The van der Waals surface area contributed by atoms with Gasteiger partial charge in [-0.15, -0.1) is 11.3 Å². The van der Waals surface area contributed by atoms with Gasteiger partial charge in [-0.05, 0) is 60.2 Å². The van der Waals surface area contributed by atoms with E-state index >= 15 is 0 Å². The van der Waals surface area contributed by atoms with Crippen LogP contribution in [0.25, 0.3) is 0 Å². The number of benzene rings is 2. The van der Waals surface area contributed by atoms with Gasteiger partial charge in [0.1, 0.15) is 0 Å². The van der Waals surface area contributed by atoms with Crippen LogP contribution in [-0.2, 0) is 11.2 Å². The lowest BCUT2D eigenvalue weighted by atomic mass is 10.0. The average molecular weight is 422 g/mol. The zero-order valence-corrected chi connectivity index (χ0v) is 18.0. The maximum Gasteiger partial charge on any atom is 0.248 e. The van der Waals surface area contributed by atoms with Crippen molar-refractivity contribution in [3.63, 3.8) is 0 Å². The lowest BCUT2D eigenvalue weighted by Crippen LogP contribution is -2.40. The summed E-state index contributed by atoms with van der Waals surface area (Å²) >= 11 is 1.66. The third kappa shape index (κ3) is 5.55. The number of nitrogens with two attached hydrogens (primary N) is 1. The molecular weight excluding hydrogens is 394 g/mol. The Morgan fingerprint density at radius 2 is 1.73 bits per heavy atom. The number of carbonyl (C=O) groups excluding carboxylic acids is 2. The smallest absolute Gasteiger partial charge is 0.248 e. The number of hydrogen-bond acceptors (Lipinski definition) is 4. The number of amides is 2. The molecule has 2 amide bonds. The van der Waals surface area contributed by atoms with E-state index in [4.69, 9.17) is 5.73 Å². The Labute approximate surface area is 181 Å². The number of primary amides is 1. The number of nitrogens with one attached hydrogen (secondary N) is 2. The summed E-state index contributed by atoms with van der Waals surface area (Å²) in [5.74, 6) is -0.641. The molecular formula is C24H27N3O2S. The number of aryl methyl sites for hydroxylation is 1. The molecule has 1 aromatic heterocycles. The largest absolute Gasteiger partial charge is 0.366 e. The Hall–Kier alpha value is -2.96. The minimum Gasteiger partial charge on any atom is -0.366 e. The topological polar surface area (TPSA) is 84.2 Å². The summed E-state index contributed by atoms with van der Waals surface area (Å²) in [4.78, 5) is 25.1. The Kier molecular flexibility index (Phi) is 7.38. The molecule has 0 fully saturated rings. The highest BCUT2D eigenvalue weighted by Gasteiger charge is 2.21. The molecule has 2 atom stereocenters. The normalized spacial score (nSPS) is 12.9. The maximum absolute atomic E-state index is 12.7.